The minimum Gasteiger partial charge on any atom is -0.208 e. The van der Waals surface area contributed by atoms with E-state index in [1.54, 1.807) is 0 Å². The smallest absolute Gasteiger partial charge is 0.164 e. The largest absolute Gasteiger partial charge is 0.208 e. The van der Waals surface area contributed by atoms with Gasteiger partial charge in [-0.2, -0.15) is 0 Å². The van der Waals surface area contributed by atoms with Gasteiger partial charge in [-0.25, -0.2) is 15.0 Å². The van der Waals surface area contributed by atoms with E-state index in [0.717, 1.165) is 49.4 Å². The number of hydrogen-bond acceptors (Lipinski definition) is 3. The summed E-state index contributed by atoms with van der Waals surface area (Å²) in [5.41, 5.74) is 14.0. The van der Waals surface area contributed by atoms with Crippen LogP contribution < -0.4 is 0 Å². The van der Waals surface area contributed by atoms with Gasteiger partial charge in [-0.05, 0) is 85.3 Å². The molecule has 0 amide bonds. The third-order valence-corrected chi connectivity index (χ3v) is 12.0. The molecule has 0 N–H and O–H groups in total. The van der Waals surface area contributed by atoms with Crippen molar-refractivity contribution < 1.29 is 0 Å². The summed E-state index contributed by atoms with van der Waals surface area (Å²) in [6.07, 6.45) is 0. The number of benzene rings is 9. The summed E-state index contributed by atoms with van der Waals surface area (Å²) < 4.78 is 0. The summed E-state index contributed by atoms with van der Waals surface area (Å²) >= 11 is 0. The molecule has 0 saturated carbocycles. The third kappa shape index (κ3) is 5.47. The van der Waals surface area contributed by atoms with Gasteiger partial charge in [-0.15, -0.1) is 0 Å². The lowest BCUT2D eigenvalue weighted by atomic mass is 9.74. The van der Waals surface area contributed by atoms with Gasteiger partial charge in [0.25, 0.3) is 0 Å². The fourth-order valence-corrected chi connectivity index (χ4v) is 9.14. The number of hydrogen-bond donors (Lipinski definition) is 0. The molecule has 9 aromatic carbocycles. The lowest BCUT2D eigenvalue weighted by molar-refractivity contribution is 0.714. The van der Waals surface area contributed by atoms with Gasteiger partial charge in [-0.3, -0.25) is 0 Å². The zero-order valence-corrected chi connectivity index (χ0v) is 32.0. The molecule has 1 aromatic heterocycles. The molecule has 1 aliphatic rings. The molecule has 1 unspecified atom stereocenters. The third-order valence-electron chi connectivity index (χ3n) is 12.0. The van der Waals surface area contributed by atoms with Crippen molar-refractivity contribution >= 4 is 21.5 Å². The standard InChI is InChI=1S/C55H37N3/c1-55(43-22-9-4-10-23-43)48-28-12-11-24-46(48)51-45(26-15-29-49(51)55)41-32-30-40-35-42(33-31-39(40)34-41)53-56-52(38-18-7-3-8-19-38)57-54(58-53)47-27-14-21-37-20-13-25-44(50(37)47)36-16-5-2-6-17-36/h2-35H,1H3. The van der Waals surface area contributed by atoms with Crippen molar-refractivity contribution in [2.45, 2.75) is 12.3 Å². The van der Waals surface area contributed by atoms with Gasteiger partial charge in [0.1, 0.15) is 0 Å². The maximum atomic E-state index is 5.23. The summed E-state index contributed by atoms with van der Waals surface area (Å²) in [7, 11) is 0. The number of nitrogens with zero attached hydrogens (tertiary/aromatic N) is 3. The van der Waals surface area contributed by atoms with E-state index in [0.29, 0.717) is 17.5 Å². The molecule has 1 atom stereocenters. The van der Waals surface area contributed by atoms with Crippen LogP contribution in [0.3, 0.4) is 0 Å². The molecule has 1 heterocycles. The van der Waals surface area contributed by atoms with Crippen LogP contribution >= 0.6 is 0 Å². The second-order valence-electron chi connectivity index (χ2n) is 15.3. The Kier molecular flexibility index (Phi) is 7.94. The van der Waals surface area contributed by atoms with E-state index in [9.17, 15) is 0 Å². The summed E-state index contributed by atoms with van der Waals surface area (Å²) in [6.45, 7) is 2.37. The Hall–Kier alpha value is -7.49. The zero-order chi connectivity index (χ0) is 38.6. The van der Waals surface area contributed by atoms with Crippen molar-refractivity contribution in [3.63, 3.8) is 0 Å². The molecule has 1 aliphatic carbocycles. The van der Waals surface area contributed by atoms with Crippen LogP contribution in [0.4, 0.5) is 0 Å². The lowest BCUT2D eigenvalue weighted by Gasteiger charge is -2.28. The monoisotopic (exact) mass is 739 g/mol. The average Bonchev–Trinajstić information content (AvgIpc) is 3.57. The number of aromatic nitrogens is 3. The molecule has 272 valence electrons. The molecule has 3 heteroatoms. The molecule has 3 nitrogen and oxygen atoms in total. The Morgan fingerprint density at radius 1 is 0.328 bits per heavy atom. The van der Waals surface area contributed by atoms with E-state index in [2.05, 4.69) is 195 Å². The Balaban J connectivity index is 1.04. The number of fused-ring (bicyclic) bond motifs is 5. The first-order valence-electron chi connectivity index (χ1n) is 19.9. The fraction of sp³-hybridized carbons (Fsp3) is 0.0364. The van der Waals surface area contributed by atoms with Crippen LogP contribution in [0, 0.1) is 0 Å². The second kappa shape index (κ2) is 13.6. The summed E-state index contributed by atoms with van der Waals surface area (Å²) in [6, 6.07) is 73.6. The van der Waals surface area contributed by atoms with E-state index in [4.69, 9.17) is 15.0 Å². The first-order chi connectivity index (χ1) is 28.6. The van der Waals surface area contributed by atoms with Crippen LogP contribution in [-0.4, -0.2) is 15.0 Å². The molecule has 0 radical (unpaired) electrons. The van der Waals surface area contributed by atoms with E-state index >= 15 is 0 Å². The molecule has 0 spiro atoms. The van der Waals surface area contributed by atoms with Crippen LogP contribution in [0.15, 0.2) is 206 Å². The van der Waals surface area contributed by atoms with Crippen LogP contribution in [-0.2, 0) is 5.41 Å². The van der Waals surface area contributed by atoms with E-state index in [1.165, 1.54) is 38.9 Å². The van der Waals surface area contributed by atoms with E-state index < -0.39 is 0 Å². The first kappa shape index (κ1) is 33.8. The Morgan fingerprint density at radius 3 is 1.59 bits per heavy atom. The van der Waals surface area contributed by atoms with Gasteiger partial charge in [0.15, 0.2) is 17.5 Å². The minimum atomic E-state index is -0.244. The maximum Gasteiger partial charge on any atom is 0.164 e. The molecule has 11 rings (SSSR count). The van der Waals surface area contributed by atoms with Crippen LogP contribution in [0.25, 0.3) is 89.1 Å². The topological polar surface area (TPSA) is 38.7 Å². The summed E-state index contributed by atoms with van der Waals surface area (Å²) in [4.78, 5) is 15.5. The zero-order valence-electron chi connectivity index (χ0n) is 32.0. The van der Waals surface area contributed by atoms with Crippen LogP contribution in [0.5, 0.6) is 0 Å². The molecular formula is C55H37N3. The van der Waals surface area contributed by atoms with E-state index in [-0.39, 0.29) is 5.41 Å². The van der Waals surface area contributed by atoms with Crippen molar-refractivity contribution in [1.29, 1.82) is 0 Å². The molecule has 10 aromatic rings. The first-order valence-corrected chi connectivity index (χ1v) is 19.9. The molecule has 0 aliphatic heterocycles. The maximum absolute atomic E-state index is 5.23. The van der Waals surface area contributed by atoms with Gasteiger partial charge >= 0.3 is 0 Å². The van der Waals surface area contributed by atoms with Crippen molar-refractivity contribution in [2.24, 2.45) is 0 Å². The van der Waals surface area contributed by atoms with Crippen LogP contribution in [0.2, 0.25) is 0 Å². The van der Waals surface area contributed by atoms with Crippen molar-refractivity contribution in [3.05, 3.63) is 223 Å². The highest BCUT2D eigenvalue weighted by Gasteiger charge is 2.41. The molecule has 58 heavy (non-hydrogen) atoms. The van der Waals surface area contributed by atoms with Crippen LogP contribution in [0.1, 0.15) is 23.6 Å². The van der Waals surface area contributed by atoms with Crippen molar-refractivity contribution in [3.8, 4) is 67.5 Å². The van der Waals surface area contributed by atoms with Gasteiger partial charge in [-0.1, -0.05) is 194 Å². The molecule has 0 saturated heterocycles. The summed E-state index contributed by atoms with van der Waals surface area (Å²) in [5.74, 6) is 1.93. The minimum absolute atomic E-state index is 0.244. The SMILES string of the molecule is CC1(c2ccccc2)c2ccccc2-c2c(-c3ccc4cc(-c5nc(-c6ccccc6)nc(-c6cccc7cccc(-c8ccccc8)c67)n5)ccc4c3)cccc21. The highest BCUT2D eigenvalue weighted by molar-refractivity contribution is 6.06. The van der Waals surface area contributed by atoms with E-state index in [1.807, 2.05) is 18.2 Å². The second-order valence-corrected chi connectivity index (χ2v) is 15.3. The molecule has 0 bridgehead atoms. The van der Waals surface area contributed by atoms with Gasteiger partial charge < -0.3 is 0 Å². The van der Waals surface area contributed by atoms with Gasteiger partial charge in [0.2, 0.25) is 0 Å². The van der Waals surface area contributed by atoms with Gasteiger partial charge in [0.05, 0.1) is 0 Å². The van der Waals surface area contributed by atoms with Crippen molar-refractivity contribution in [2.75, 3.05) is 0 Å². The fourth-order valence-electron chi connectivity index (χ4n) is 9.14. The number of rotatable bonds is 6. The Bertz CT molecular complexity index is 3170. The Labute approximate surface area is 338 Å². The normalized spacial score (nSPS) is 14.4. The molecule has 0 fully saturated rings. The van der Waals surface area contributed by atoms with Gasteiger partial charge in [0, 0.05) is 27.5 Å². The summed E-state index contributed by atoms with van der Waals surface area (Å²) in [5, 5.41) is 4.55. The molecular weight excluding hydrogens is 703 g/mol. The average molecular weight is 740 g/mol. The Morgan fingerprint density at radius 2 is 0.845 bits per heavy atom. The highest BCUT2D eigenvalue weighted by Crippen LogP contribution is 2.55. The predicted molar refractivity (Wildman–Crippen MR) is 239 cm³/mol. The predicted octanol–water partition coefficient (Wildman–Crippen LogP) is 13.8. The highest BCUT2D eigenvalue weighted by atomic mass is 15.0. The van der Waals surface area contributed by atoms with Crippen molar-refractivity contribution in [1.82, 2.24) is 15.0 Å². The quantitative estimate of drug-likeness (QED) is 0.170. The lowest BCUT2D eigenvalue weighted by Crippen LogP contribution is -2.22.